The number of amides is 1. The van der Waals surface area contributed by atoms with E-state index < -0.39 is 6.09 Å². The standard InChI is InChI=1S/C29H28N6O3/c1-20-26(34-29(36)37-17-7-9-21-8-5-6-16-31-21)19-35-28(20)27(25(30)18-32-35)33-22-12-14-24(15-13-22)38-23-10-3-2-4-11-23/h2-6,8,10-16,18-19,33H,7,9,17,30H2,1H3,(H,34,36). The summed E-state index contributed by atoms with van der Waals surface area (Å²) in [7, 11) is 0. The van der Waals surface area contributed by atoms with Gasteiger partial charge in [0.25, 0.3) is 0 Å². The topological polar surface area (TPSA) is 116 Å². The molecule has 9 heteroatoms. The van der Waals surface area contributed by atoms with Crippen LogP contribution in [0.5, 0.6) is 11.5 Å². The number of rotatable bonds is 9. The van der Waals surface area contributed by atoms with Gasteiger partial charge in [-0.25, -0.2) is 9.31 Å². The minimum atomic E-state index is -0.526. The van der Waals surface area contributed by atoms with Crippen molar-refractivity contribution in [2.45, 2.75) is 19.8 Å². The molecular weight excluding hydrogens is 480 g/mol. The Bertz CT molecular complexity index is 1520. The van der Waals surface area contributed by atoms with Crippen LogP contribution in [0.15, 0.2) is 91.4 Å². The van der Waals surface area contributed by atoms with Crippen LogP contribution in [0.3, 0.4) is 0 Å². The maximum Gasteiger partial charge on any atom is 0.411 e. The number of anilines is 4. The van der Waals surface area contributed by atoms with Gasteiger partial charge in [0.2, 0.25) is 0 Å². The molecule has 5 aromatic rings. The van der Waals surface area contributed by atoms with Crippen molar-refractivity contribution in [1.29, 1.82) is 0 Å². The lowest BCUT2D eigenvalue weighted by atomic mass is 10.2. The fraction of sp³-hybridized carbons (Fsp3) is 0.138. The van der Waals surface area contributed by atoms with Gasteiger partial charge in [-0.05, 0) is 68.3 Å². The third kappa shape index (κ3) is 5.84. The van der Waals surface area contributed by atoms with Crippen LogP contribution in [0.4, 0.5) is 27.5 Å². The second-order valence-corrected chi connectivity index (χ2v) is 8.69. The van der Waals surface area contributed by atoms with E-state index in [0.29, 0.717) is 23.5 Å². The largest absolute Gasteiger partial charge is 0.457 e. The summed E-state index contributed by atoms with van der Waals surface area (Å²) in [5.74, 6) is 1.49. The van der Waals surface area contributed by atoms with Gasteiger partial charge in [-0.3, -0.25) is 10.3 Å². The van der Waals surface area contributed by atoms with E-state index in [9.17, 15) is 4.79 Å². The Balaban J connectivity index is 1.25. The van der Waals surface area contributed by atoms with Gasteiger partial charge in [0, 0.05) is 23.1 Å². The molecule has 0 fully saturated rings. The van der Waals surface area contributed by atoms with Crippen LogP contribution >= 0.6 is 0 Å². The monoisotopic (exact) mass is 508 g/mol. The predicted molar refractivity (Wildman–Crippen MR) is 148 cm³/mol. The number of benzene rings is 2. The number of hydrogen-bond acceptors (Lipinski definition) is 7. The number of carbonyl (C=O) groups is 1. The molecule has 3 aromatic heterocycles. The van der Waals surface area contributed by atoms with E-state index in [-0.39, 0.29) is 6.61 Å². The molecule has 0 saturated heterocycles. The van der Waals surface area contributed by atoms with Crippen LogP contribution in [-0.4, -0.2) is 27.3 Å². The van der Waals surface area contributed by atoms with Crippen molar-refractivity contribution in [3.63, 3.8) is 0 Å². The molecule has 0 spiro atoms. The average Bonchev–Trinajstić information content (AvgIpc) is 3.25. The van der Waals surface area contributed by atoms with E-state index in [1.165, 1.54) is 0 Å². The summed E-state index contributed by atoms with van der Waals surface area (Å²) in [6.45, 7) is 2.19. The molecule has 0 bridgehead atoms. The van der Waals surface area contributed by atoms with Crippen LogP contribution in [0.2, 0.25) is 0 Å². The lowest BCUT2D eigenvalue weighted by Gasteiger charge is -2.13. The van der Waals surface area contributed by atoms with Crippen LogP contribution in [0, 0.1) is 6.92 Å². The number of pyridine rings is 1. The third-order valence-electron chi connectivity index (χ3n) is 5.96. The van der Waals surface area contributed by atoms with Crippen LogP contribution < -0.4 is 21.1 Å². The van der Waals surface area contributed by atoms with Gasteiger partial charge in [-0.2, -0.15) is 5.10 Å². The molecule has 9 nitrogen and oxygen atoms in total. The van der Waals surface area contributed by atoms with E-state index in [1.54, 1.807) is 23.1 Å². The fourth-order valence-corrected chi connectivity index (χ4v) is 4.04. The molecule has 0 saturated carbocycles. The van der Waals surface area contributed by atoms with Gasteiger partial charge in [0.05, 0.1) is 41.6 Å². The first-order valence-corrected chi connectivity index (χ1v) is 12.3. The Morgan fingerprint density at radius 3 is 2.53 bits per heavy atom. The number of hydrogen-bond donors (Lipinski definition) is 3. The number of ether oxygens (including phenoxy) is 2. The molecule has 38 heavy (non-hydrogen) atoms. The molecule has 1 amide bonds. The minimum Gasteiger partial charge on any atom is -0.457 e. The van der Waals surface area contributed by atoms with Crippen molar-refractivity contribution in [1.82, 2.24) is 14.6 Å². The molecule has 0 aliphatic heterocycles. The maximum absolute atomic E-state index is 12.4. The Morgan fingerprint density at radius 1 is 1.00 bits per heavy atom. The summed E-state index contributed by atoms with van der Waals surface area (Å²) in [4.78, 5) is 16.7. The summed E-state index contributed by atoms with van der Waals surface area (Å²) < 4.78 is 12.9. The number of fused-ring (bicyclic) bond motifs is 1. The molecule has 0 aliphatic rings. The van der Waals surface area contributed by atoms with E-state index in [2.05, 4.69) is 20.7 Å². The number of aryl methyl sites for hydroxylation is 2. The molecule has 4 N–H and O–H groups in total. The molecule has 0 aliphatic carbocycles. The zero-order valence-corrected chi connectivity index (χ0v) is 20.9. The minimum absolute atomic E-state index is 0.289. The highest BCUT2D eigenvalue weighted by atomic mass is 16.5. The summed E-state index contributed by atoms with van der Waals surface area (Å²) in [5, 5.41) is 10.6. The van der Waals surface area contributed by atoms with Crippen LogP contribution in [0.1, 0.15) is 17.7 Å². The molecule has 0 atom stereocenters. The molecule has 5 rings (SSSR count). The zero-order valence-electron chi connectivity index (χ0n) is 20.9. The van der Waals surface area contributed by atoms with Crippen molar-refractivity contribution in [2.75, 3.05) is 23.0 Å². The summed E-state index contributed by atoms with van der Waals surface area (Å²) in [5.41, 5.74) is 11.4. The van der Waals surface area contributed by atoms with E-state index >= 15 is 0 Å². The highest BCUT2D eigenvalue weighted by Crippen LogP contribution is 2.34. The Morgan fingerprint density at radius 2 is 1.76 bits per heavy atom. The van der Waals surface area contributed by atoms with Crippen LogP contribution in [-0.2, 0) is 11.2 Å². The maximum atomic E-state index is 12.4. The highest BCUT2D eigenvalue weighted by Gasteiger charge is 2.17. The molecule has 0 unspecified atom stereocenters. The average molecular weight is 509 g/mol. The summed E-state index contributed by atoms with van der Waals surface area (Å²) in [6, 6.07) is 22.9. The van der Waals surface area contributed by atoms with Crippen molar-refractivity contribution in [2.24, 2.45) is 0 Å². The third-order valence-corrected chi connectivity index (χ3v) is 5.96. The van der Waals surface area contributed by atoms with Gasteiger partial charge in [0.15, 0.2) is 0 Å². The number of nitrogens with one attached hydrogen (secondary N) is 2. The first kappa shape index (κ1) is 24.6. The molecule has 3 heterocycles. The molecule has 192 valence electrons. The van der Waals surface area contributed by atoms with Gasteiger partial charge >= 0.3 is 6.09 Å². The van der Waals surface area contributed by atoms with Gasteiger partial charge in [-0.1, -0.05) is 24.3 Å². The zero-order chi connectivity index (χ0) is 26.3. The van der Waals surface area contributed by atoms with E-state index in [0.717, 1.165) is 40.4 Å². The number of nitrogens with zero attached hydrogens (tertiary/aromatic N) is 3. The summed E-state index contributed by atoms with van der Waals surface area (Å²) >= 11 is 0. The lowest BCUT2D eigenvalue weighted by Crippen LogP contribution is -2.15. The number of aromatic nitrogens is 3. The molecule has 2 aromatic carbocycles. The Kier molecular flexibility index (Phi) is 7.35. The number of nitrogen functional groups attached to an aromatic ring is 1. The highest BCUT2D eigenvalue weighted by molar-refractivity contribution is 5.94. The number of para-hydroxylation sites is 1. The van der Waals surface area contributed by atoms with Gasteiger partial charge < -0.3 is 20.5 Å². The van der Waals surface area contributed by atoms with Crippen molar-refractivity contribution in [3.8, 4) is 11.5 Å². The fourth-order valence-electron chi connectivity index (χ4n) is 4.04. The number of nitrogens with two attached hydrogens (primary N) is 1. The molecule has 0 radical (unpaired) electrons. The van der Waals surface area contributed by atoms with Crippen molar-refractivity contribution >= 4 is 34.4 Å². The SMILES string of the molecule is Cc1c(NC(=O)OCCCc2ccccn2)cn2ncc(N)c(Nc3ccc(Oc4ccccc4)cc3)c12. The quantitative estimate of drug-likeness (QED) is 0.199. The summed E-state index contributed by atoms with van der Waals surface area (Å²) in [6.07, 6.45) is 5.95. The molecular formula is C29H28N6O3. The first-order chi connectivity index (χ1) is 18.6. The van der Waals surface area contributed by atoms with Gasteiger partial charge in [0.1, 0.15) is 11.5 Å². The predicted octanol–water partition coefficient (Wildman–Crippen LogP) is 6.34. The van der Waals surface area contributed by atoms with Crippen molar-refractivity contribution in [3.05, 3.63) is 103 Å². The normalized spacial score (nSPS) is 10.8. The van der Waals surface area contributed by atoms with E-state index in [1.807, 2.05) is 79.7 Å². The number of carbonyl (C=O) groups excluding carboxylic acids is 1. The van der Waals surface area contributed by atoms with Crippen LogP contribution in [0.25, 0.3) is 5.52 Å². The van der Waals surface area contributed by atoms with Gasteiger partial charge in [-0.15, -0.1) is 0 Å². The second-order valence-electron chi connectivity index (χ2n) is 8.69. The first-order valence-electron chi connectivity index (χ1n) is 12.3. The Labute approximate surface area is 220 Å². The lowest BCUT2D eigenvalue weighted by molar-refractivity contribution is 0.160. The Hall–Kier alpha value is -5.05. The second kappa shape index (κ2) is 11.3. The smallest absolute Gasteiger partial charge is 0.411 e. The van der Waals surface area contributed by atoms with Crippen molar-refractivity contribution < 1.29 is 14.3 Å². The van der Waals surface area contributed by atoms with E-state index in [4.69, 9.17) is 15.2 Å².